The summed E-state index contributed by atoms with van der Waals surface area (Å²) in [7, 11) is 0. The normalized spacial score (nSPS) is 21.5. The van der Waals surface area contributed by atoms with Crippen molar-refractivity contribution in [2.75, 3.05) is 13.1 Å². The molecule has 1 unspecified atom stereocenters. The van der Waals surface area contributed by atoms with Crippen LogP contribution < -0.4 is 11.1 Å². The lowest BCUT2D eigenvalue weighted by atomic mass is 9.97. The number of nitrogens with two attached hydrogens (primary N) is 1. The van der Waals surface area contributed by atoms with Crippen molar-refractivity contribution in [1.82, 2.24) is 5.32 Å². The van der Waals surface area contributed by atoms with Crippen LogP contribution in [0.3, 0.4) is 0 Å². The zero-order chi connectivity index (χ0) is 12.5. The van der Waals surface area contributed by atoms with E-state index >= 15 is 0 Å². The van der Waals surface area contributed by atoms with Crippen LogP contribution in [0.2, 0.25) is 0 Å². The molecule has 2 aliphatic carbocycles. The lowest BCUT2D eigenvalue weighted by molar-refractivity contribution is 0.333. The number of rotatable bonds is 7. The molecule has 3 nitrogen and oxygen atoms in total. The molecule has 0 saturated heterocycles. The predicted molar refractivity (Wildman–Crippen MR) is 72.2 cm³/mol. The summed E-state index contributed by atoms with van der Waals surface area (Å²) < 4.78 is 5.68. The molecule has 2 fully saturated rings. The molecule has 3 N–H and O–H groups in total. The molecule has 1 aromatic rings. The molecule has 3 rings (SSSR count). The Morgan fingerprint density at radius 2 is 1.94 bits per heavy atom. The van der Waals surface area contributed by atoms with Gasteiger partial charge >= 0.3 is 0 Å². The molecule has 100 valence electrons. The van der Waals surface area contributed by atoms with E-state index in [1.54, 1.807) is 0 Å². The van der Waals surface area contributed by atoms with Crippen LogP contribution in [0.5, 0.6) is 0 Å². The molecule has 0 aromatic carbocycles. The lowest BCUT2D eigenvalue weighted by Gasteiger charge is -2.20. The second-order valence-electron chi connectivity index (χ2n) is 5.98. The number of furan rings is 1. The highest BCUT2D eigenvalue weighted by Crippen LogP contribution is 2.48. The molecule has 0 spiro atoms. The Morgan fingerprint density at radius 1 is 1.28 bits per heavy atom. The van der Waals surface area contributed by atoms with Gasteiger partial charge in [-0.1, -0.05) is 0 Å². The van der Waals surface area contributed by atoms with Gasteiger partial charge in [-0.05, 0) is 69.0 Å². The zero-order valence-electron chi connectivity index (χ0n) is 11.2. The van der Waals surface area contributed by atoms with Gasteiger partial charge in [-0.15, -0.1) is 0 Å². The van der Waals surface area contributed by atoms with E-state index in [2.05, 4.69) is 5.32 Å². The molecule has 0 amide bonds. The van der Waals surface area contributed by atoms with Crippen LogP contribution in [-0.4, -0.2) is 13.1 Å². The molecule has 1 atom stereocenters. The predicted octanol–water partition coefficient (Wildman–Crippen LogP) is 2.61. The first-order valence-electron chi connectivity index (χ1n) is 7.27. The summed E-state index contributed by atoms with van der Waals surface area (Å²) in [6.07, 6.45) is 5.76. The molecule has 2 aliphatic rings. The van der Waals surface area contributed by atoms with Crippen molar-refractivity contribution < 1.29 is 4.42 Å². The summed E-state index contributed by atoms with van der Waals surface area (Å²) >= 11 is 0. The molecule has 18 heavy (non-hydrogen) atoms. The third kappa shape index (κ3) is 2.78. The fourth-order valence-electron chi connectivity index (χ4n) is 2.99. The van der Waals surface area contributed by atoms with E-state index < -0.39 is 0 Å². The Balaban J connectivity index is 1.56. The molecule has 1 heterocycles. The van der Waals surface area contributed by atoms with Crippen molar-refractivity contribution in [3.8, 4) is 0 Å². The SMILES string of the molecule is Cc1ccc(C(CN)NCC(C2CC2)C2CC2)o1. The number of nitrogens with one attached hydrogen (secondary N) is 1. The Bertz CT molecular complexity index is 381. The summed E-state index contributed by atoms with van der Waals surface area (Å²) in [6.45, 7) is 3.69. The van der Waals surface area contributed by atoms with Gasteiger partial charge in [0.05, 0.1) is 6.04 Å². The molecular weight excluding hydrogens is 224 g/mol. The van der Waals surface area contributed by atoms with Crippen molar-refractivity contribution in [1.29, 1.82) is 0 Å². The lowest BCUT2D eigenvalue weighted by Crippen LogP contribution is -2.33. The summed E-state index contributed by atoms with van der Waals surface area (Å²) in [4.78, 5) is 0. The largest absolute Gasteiger partial charge is 0.465 e. The van der Waals surface area contributed by atoms with Crippen molar-refractivity contribution in [2.45, 2.75) is 38.6 Å². The summed E-state index contributed by atoms with van der Waals surface area (Å²) in [6, 6.07) is 4.24. The zero-order valence-corrected chi connectivity index (χ0v) is 11.2. The van der Waals surface area contributed by atoms with E-state index in [1.165, 1.54) is 25.7 Å². The van der Waals surface area contributed by atoms with Gasteiger partial charge < -0.3 is 15.5 Å². The second kappa shape index (κ2) is 5.06. The highest BCUT2D eigenvalue weighted by Gasteiger charge is 2.41. The first-order valence-corrected chi connectivity index (χ1v) is 7.27. The van der Waals surface area contributed by atoms with Crippen molar-refractivity contribution in [3.63, 3.8) is 0 Å². The van der Waals surface area contributed by atoms with Gasteiger partial charge in [0.2, 0.25) is 0 Å². The summed E-state index contributed by atoms with van der Waals surface area (Å²) in [5.41, 5.74) is 5.86. The average Bonchev–Trinajstić information content (AvgIpc) is 3.26. The minimum absolute atomic E-state index is 0.179. The maximum atomic E-state index is 5.86. The molecule has 0 radical (unpaired) electrons. The maximum absolute atomic E-state index is 5.86. The Kier molecular flexibility index (Phi) is 3.44. The minimum Gasteiger partial charge on any atom is -0.465 e. The van der Waals surface area contributed by atoms with Gasteiger partial charge in [-0.25, -0.2) is 0 Å². The third-order valence-corrected chi connectivity index (χ3v) is 4.40. The van der Waals surface area contributed by atoms with Gasteiger partial charge in [0, 0.05) is 6.54 Å². The van der Waals surface area contributed by atoms with E-state index in [4.69, 9.17) is 10.2 Å². The highest BCUT2D eigenvalue weighted by atomic mass is 16.3. The second-order valence-corrected chi connectivity index (χ2v) is 5.98. The fraction of sp³-hybridized carbons (Fsp3) is 0.733. The smallest absolute Gasteiger partial charge is 0.122 e. The fourth-order valence-corrected chi connectivity index (χ4v) is 2.99. The van der Waals surface area contributed by atoms with Gasteiger partial charge in [0.1, 0.15) is 11.5 Å². The quantitative estimate of drug-likeness (QED) is 0.780. The standard InChI is InChI=1S/C15H24N2O/c1-10-2-7-15(18-10)14(8-16)17-9-13(11-3-4-11)12-5-6-12/h2,7,11-14,17H,3-6,8-9,16H2,1H3. The number of hydrogen-bond acceptors (Lipinski definition) is 3. The first-order chi connectivity index (χ1) is 8.78. The average molecular weight is 248 g/mol. The van der Waals surface area contributed by atoms with Crippen molar-refractivity contribution in [3.05, 3.63) is 23.7 Å². The maximum Gasteiger partial charge on any atom is 0.122 e. The van der Waals surface area contributed by atoms with Gasteiger partial charge in [-0.2, -0.15) is 0 Å². The van der Waals surface area contributed by atoms with Crippen LogP contribution in [0.15, 0.2) is 16.5 Å². The Labute approximate surface area is 109 Å². The van der Waals surface area contributed by atoms with Crippen LogP contribution in [-0.2, 0) is 0 Å². The van der Waals surface area contributed by atoms with E-state index in [0.29, 0.717) is 6.54 Å². The Morgan fingerprint density at radius 3 is 2.39 bits per heavy atom. The summed E-state index contributed by atoms with van der Waals surface area (Å²) in [5.74, 6) is 4.81. The van der Waals surface area contributed by atoms with Gasteiger partial charge in [0.15, 0.2) is 0 Å². The van der Waals surface area contributed by atoms with Crippen molar-refractivity contribution in [2.24, 2.45) is 23.5 Å². The molecule has 3 heteroatoms. The molecule has 0 bridgehead atoms. The van der Waals surface area contributed by atoms with Gasteiger partial charge in [0.25, 0.3) is 0 Å². The third-order valence-electron chi connectivity index (χ3n) is 4.40. The van der Waals surface area contributed by atoms with Crippen LogP contribution >= 0.6 is 0 Å². The van der Waals surface area contributed by atoms with E-state index in [-0.39, 0.29) is 6.04 Å². The number of aryl methyl sites for hydroxylation is 1. The molecule has 1 aromatic heterocycles. The van der Waals surface area contributed by atoms with Crippen LogP contribution in [0.4, 0.5) is 0 Å². The van der Waals surface area contributed by atoms with Gasteiger partial charge in [-0.3, -0.25) is 0 Å². The van der Waals surface area contributed by atoms with Crippen LogP contribution in [0, 0.1) is 24.7 Å². The van der Waals surface area contributed by atoms with Crippen molar-refractivity contribution >= 4 is 0 Å². The van der Waals surface area contributed by atoms with Crippen LogP contribution in [0.25, 0.3) is 0 Å². The van der Waals surface area contributed by atoms with Crippen LogP contribution in [0.1, 0.15) is 43.2 Å². The number of hydrogen-bond donors (Lipinski definition) is 2. The molecule has 0 aliphatic heterocycles. The first kappa shape index (κ1) is 12.2. The molecule has 2 saturated carbocycles. The van der Waals surface area contributed by atoms with E-state index in [1.807, 2.05) is 19.1 Å². The van der Waals surface area contributed by atoms with E-state index in [9.17, 15) is 0 Å². The topological polar surface area (TPSA) is 51.2 Å². The minimum atomic E-state index is 0.179. The van der Waals surface area contributed by atoms with E-state index in [0.717, 1.165) is 35.8 Å². The summed E-state index contributed by atoms with van der Waals surface area (Å²) in [5, 5.41) is 3.62. The molecular formula is C15H24N2O. The highest BCUT2D eigenvalue weighted by molar-refractivity contribution is 5.10. The monoisotopic (exact) mass is 248 g/mol. The Hall–Kier alpha value is -0.800.